The molecule has 0 saturated heterocycles. The van der Waals surface area contributed by atoms with Gasteiger partial charge in [-0.1, -0.05) is 87.5 Å². The van der Waals surface area contributed by atoms with E-state index in [1.165, 1.54) is 38.4 Å². The maximum Gasteiger partial charge on any atom is 0.145 e. The summed E-state index contributed by atoms with van der Waals surface area (Å²) in [5.41, 5.74) is 10.3. The zero-order valence-electron chi connectivity index (χ0n) is 30.4. The standard InChI is InChI=1S/C48H37N5O/c1-48(2,3)31-19-21-32(22-20-31)50-26-27-51(30-50)33-10-6-11-34(28-33)54-35-23-24-37-39-15-8-18-43-46(39)53(44(37)29-35)47-41(16-9-25-49-47)40-14-7-13-38-36-12-4-5-17-42(36)52(43)45(38)40/h4-29H,30H2,1-3H3. The third-order valence-electron chi connectivity index (χ3n) is 11.1. The highest BCUT2D eigenvalue weighted by molar-refractivity contribution is 6.23. The number of anilines is 2. The number of pyridine rings is 1. The molecule has 0 N–H and O–H groups in total. The minimum atomic E-state index is 0.128. The summed E-state index contributed by atoms with van der Waals surface area (Å²) in [6, 6.07) is 49.9. The molecule has 0 unspecified atom stereocenters. The van der Waals surface area contributed by atoms with E-state index in [2.05, 4.69) is 179 Å². The zero-order valence-corrected chi connectivity index (χ0v) is 30.4. The lowest BCUT2D eigenvalue weighted by atomic mass is 9.87. The van der Waals surface area contributed by atoms with Gasteiger partial charge in [-0.2, -0.15) is 0 Å². The van der Waals surface area contributed by atoms with E-state index in [1.807, 2.05) is 18.3 Å². The molecule has 0 saturated carbocycles. The molecule has 4 aromatic heterocycles. The highest BCUT2D eigenvalue weighted by atomic mass is 16.5. The van der Waals surface area contributed by atoms with Crippen LogP contribution in [0.25, 0.3) is 65.5 Å². The minimum Gasteiger partial charge on any atom is -0.457 e. The van der Waals surface area contributed by atoms with E-state index in [-0.39, 0.29) is 5.41 Å². The van der Waals surface area contributed by atoms with Crippen LogP contribution in [0.1, 0.15) is 26.3 Å². The normalized spacial score (nSPS) is 13.6. The molecule has 1 aliphatic heterocycles. The summed E-state index contributed by atoms with van der Waals surface area (Å²) >= 11 is 0. The second kappa shape index (κ2) is 11.4. The first kappa shape index (κ1) is 30.8. The van der Waals surface area contributed by atoms with Crippen molar-refractivity contribution in [3.8, 4) is 11.5 Å². The number of aromatic nitrogens is 3. The number of nitrogens with zero attached hydrogens (tertiary/aromatic N) is 5. The first-order valence-corrected chi connectivity index (χ1v) is 18.6. The molecule has 1 aliphatic rings. The van der Waals surface area contributed by atoms with E-state index in [0.29, 0.717) is 0 Å². The average Bonchev–Trinajstić information content (AvgIpc) is 3.90. The van der Waals surface area contributed by atoms with Crippen molar-refractivity contribution in [3.05, 3.63) is 164 Å². The van der Waals surface area contributed by atoms with Gasteiger partial charge < -0.3 is 18.9 Å². The molecule has 0 radical (unpaired) electrons. The van der Waals surface area contributed by atoms with Gasteiger partial charge in [-0.05, 0) is 71.6 Å². The number of hydrogen-bond donors (Lipinski definition) is 0. The van der Waals surface area contributed by atoms with Crippen LogP contribution in [0.4, 0.5) is 11.4 Å². The lowest BCUT2D eigenvalue weighted by Gasteiger charge is -2.23. The summed E-state index contributed by atoms with van der Waals surface area (Å²) in [4.78, 5) is 9.60. The van der Waals surface area contributed by atoms with E-state index < -0.39 is 0 Å². The van der Waals surface area contributed by atoms with Gasteiger partial charge in [-0.15, -0.1) is 0 Å². The molecule has 0 bridgehead atoms. The zero-order chi connectivity index (χ0) is 36.1. The predicted octanol–water partition coefficient (Wildman–Crippen LogP) is 12.2. The van der Waals surface area contributed by atoms with E-state index in [9.17, 15) is 0 Å². The van der Waals surface area contributed by atoms with Crippen molar-refractivity contribution in [2.24, 2.45) is 0 Å². The summed E-state index contributed by atoms with van der Waals surface area (Å²) in [5, 5.41) is 7.07. The molecule has 0 fully saturated rings. The second-order valence-electron chi connectivity index (χ2n) is 15.4. The van der Waals surface area contributed by atoms with Gasteiger partial charge in [0.15, 0.2) is 0 Å². The number of fused-ring (bicyclic) bond motifs is 10. The molecule has 260 valence electrons. The van der Waals surface area contributed by atoms with Gasteiger partial charge in [-0.3, -0.25) is 4.40 Å². The topological polar surface area (TPSA) is 37.4 Å². The third kappa shape index (κ3) is 4.56. The van der Waals surface area contributed by atoms with Crippen LogP contribution in [-0.2, 0) is 5.41 Å². The van der Waals surface area contributed by atoms with Crippen molar-refractivity contribution >= 4 is 76.9 Å². The van der Waals surface area contributed by atoms with E-state index in [0.717, 1.165) is 62.2 Å². The van der Waals surface area contributed by atoms with Gasteiger partial charge in [0, 0.05) is 74.4 Å². The van der Waals surface area contributed by atoms with Crippen LogP contribution < -0.4 is 14.5 Å². The number of hydrogen-bond acceptors (Lipinski definition) is 4. The van der Waals surface area contributed by atoms with E-state index in [1.54, 1.807) is 0 Å². The smallest absolute Gasteiger partial charge is 0.145 e. The van der Waals surface area contributed by atoms with E-state index in [4.69, 9.17) is 9.72 Å². The Hall–Kier alpha value is -6.79. The summed E-state index contributed by atoms with van der Waals surface area (Å²) in [7, 11) is 0. The lowest BCUT2D eigenvalue weighted by Crippen LogP contribution is -2.24. The van der Waals surface area contributed by atoms with Crippen LogP contribution in [0.2, 0.25) is 0 Å². The fraction of sp³-hybridized carbons (Fsp3) is 0.104. The molecule has 6 aromatic carbocycles. The van der Waals surface area contributed by atoms with Gasteiger partial charge in [0.1, 0.15) is 17.1 Å². The lowest BCUT2D eigenvalue weighted by molar-refractivity contribution is 0.483. The van der Waals surface area contributed by atoms with Crippen molar-refractivity contribution in [1.82, 2.24) is 13.8 Å². The van der Waals surface area contributed by atoms with Gasteiger partial charge in [-0.25, -0.2) is 4.98 Å². The Morgan fingerprint density at radius 3 is 1.98 bits per heavy atom. The van der Waals surface area contributed by atoms with Crippen molar-refractivity contribution in [1.29, 1.82) is 0 Å². The molecule has 0 aliphatic carbocycles. The molecular weight excluding hydrogens is 663 g/mol. The molecule has 0 atom stereocenters. The number of rotatable bonds is 4. The first-order valence-electron chi connectivity index (χ1n) is 18.6. The number of ether oxygens (including phenoxy) is 1. The Balaban J connectivity index is 1.04. The molecule has 0 amide bonds. The maximum atomic E-state index is 6.68. The van der Waals surface area contributed by atoms with Crippen LogP contribution in [0.5, 0.6) is 11.5 Å². The quantitative estimate of drug-likeness (QED) is 0.183. The summed E-state index contributed by atoms with van der Waals surface area (Å²) in [5.74, 6) is 1.55. The first-order chi connectivity index (χ1) is 26.4. The Morgan fingerprint density at radius 1 is 0.500 bits per heavy atom. The SMILES string of the molecule is CC(C)(C)c1ccc(N2C=CN(c3cccc(Oc4ccc5c6cccc7c6n(c5c4)c4ncccc4c4cccc5c6ccccc6n7c54)c3)C2)cc1. The van der Waals surface area contributed by atoms with Crippen LogP contribution in [-0.4, -0.2) is 20.5 Å². The number of benzene rings is 6. The van der Waals surface area contributed by atoms with Gasteiger partial charge >= 0.3 is 0 Å². The molecule has 0 spiro atoms. The van der Waals surface area contributed by atoms with Gasteiger partial charge in [0.25, 0.3) is 0 Å². The van der Waals surface area contributed by atoms with Crippen LogP contribution in [0.15, 0.2) is 158 Å². The van der Waals surface area contributed by atoms with E-state index >= 15 is 0 Å². The summed E-state index contributed by atoms with van der Waals surface area (Å²) in [6.45, 7) is 7.47. The molecule has 6 heteroatoms. The molecular formula is C48H37N5O. The fourth-order valence-corrected chi connectivity index (χ4v) is 8.53. The Morgan fingerprint density at radius 2 is 1.15 bits per heavy atom. The molecule has 5 heterocycles. The van der Waals surface area contributed by atoms with Crippen LogP contribution >= 0.6 is 0 Å². The number of para-hydroxylation sites is 3. The highest BCUT2D eigenvalue weighted by Gasteiger charge is 2.21. The Labute approximate surface area is 312 Å². The van der Waals surface area contributed by atoms with Gasteiger partial charge in [0.05, 0.1) is 34.3 Å². The highest BCUT2D eigenvalue weighted by Crippen LogP contribution is 2.41. The predicted molar refractivity (Wildman–Crippen MR) is 224 cm³/mol. The third-order valence-corrected chi connectivity index (χ3v) is 11.1. The Bertz CT molecular complexity index is 3160. The summed E-state index contributed by atoms with van der Waals surface area (Å²) in [6.07, 6.45) is 6.17. The van der Waals surface area contributed by atoms with Crippen LogP contribution in [0.3, 0.4) is 0 Å². The van der Waals surface area contributed by atoms with Crippen molar-refractivity contribution in [2.45, 2.75) is 26.2 Å². The van der Waals surface area contributed by atoms with Crippen molar-refractivity contribution < 1.29 is 4.74 Å². The monoisotopic (exact) mass is 699 g/mol. The Kier molecular flexibility index (Phi) is 6.48. The molecule has 6 nitrogen and oxygen atoms in total. The average molecular weight is 700 g/mol. The maximum absolute atomic E-state index is 6.68. The second-order valence-corrected chi connectivity index (χ2v) is 15.4. The van der Waals surface area contributed by atoms with Crippen molar-refractivity contribution in [3.63, 3.8) is 0 Å². The van der Waals surface area contributed by atoms with Crippen molar-refractivity contribution in [2.75, 3.05) is 16.5 Å². The fourth-order valence-electron chi connectivity index (χ4n) is 8.53. The largest absolute Gasteiger partial charge is 0.457 e. The van der Waals surface area contributed by atoms with Crippen LogP contribution in [0, 0.1) is 0 Å². The molecule has 11 rings (SSSR count). The van der Waals surface area contributed by atoms with Gasteiger partial charge in [0.2, 0.25) is 0 Å². The minimum absolute atomic E-state index is 0.128. The molecule has 10 aromatic rings. The summed E-state index contributed by atoms with van der Waals surface area (Å²) < 4.78 is 11.5. The molecule has 54 heavy (non-hydrogen) atoms.